The Morgan fingerprint density at radius 2 is 2.19 bits per heavy atom. The summed E-state index contributed by atoms with van der Waals surface area (Å²) >= 11 is 0. The van der Waals surface area contributed by atoms with Gasteiger partial charge in [0.1, 0.15) is 11.3 Å². The molecule has 0 aliphatic heterocycles. The van der Waals surface area contributed by atoms with E-state index in [2.05, 4.69) is 6.58 Å². The van der Waals surface area contributed by atoms with Crippen molar-refractivity contribution >= 4 is 11.9 Å². The van der Waals surface area contributed by atoms with Crippen LogP contribution < -0.4 is 4.74 Å². The molecule has 4 nitrogen and oxygen atoms in total. The number of esters is 1. The highest BCUT2D eigenvalue weighted by atomic mass is 16.5. The second-order valence-electron chi connectivity index (χ2n) is 3.18. The maximum atomic E-state index is 11.1. The van der Waals surface area contributed by atoms with Crippen LogP contribution in [-0.2, 0) is 11.2 Å². The molecule has 1 aromatic rings. The third-order valence-electron chi connectivity index (χ3n) is 1.94. The van der Waals surface area contributed by atoms with E-state index in [4.69, 9.17) is 9.84 Å². The van der Waals surface area contributed by atoms with E-state index < -0.39 is 11.9 Å². The molecule has 0 amide bonds. The molecule has 0 saturated carbocycles. The fraction of sp³-hybridized carbons (Fsp3) is 0.167. The van der Waals surface area contributed by atoms with Crippen molar-refractivity contribution in [3.8, 4) is 5.75 Å². The van der Waals surface area contributed by atoms with Gasteiger partial charge in [0.05, 0.1) is 0 Å². The number of carboxylic acids is 1. The number of hydrogen-bond donors (Lipinski definition) is 1. The number of ether oxygens (including phenoxy) is 1. The Labute approximate surface area is 93.2 Å². The monoisotopic (exact) mass is 220 g/mol. The van der Waals surface area contributed by atoms with Gasteiger partial charge >= 0.3 is 11.9 Å². The summed E-state index contributed by atoms with van der Waals surface area (Å²) in [5, 5.41) is 9.06. The Balaban J connectivity index is 3.25. The molecule has 0 spiro atoms. The molecule has 1 N–H and O–H groups in total. The lowest BCUT2D eigenvalue weighted by Gasteiger charge is -2.09. The fourth-order valence-electron chi connectivity index (χ4n) is 1.38. The zero-order valence-electron chi connectivity index (χ0n) is 8.90. The van der Waals surface area contributed by atoms with E-state index in [1.54, 1.807) is 18.2 Å². The Hall–Kier alpha value is -2.10. The highest BCUT2D eigenvalue weighted by molar-refractivity contribution is 5.93. The maximum absolute atomic E-state index is 11.1. The molecular formula is C12H12O4. The Morgan fingerprint density at radius 1 is 1.50 bits per heavy atom. The first-order valence-electron chi connectivity index (χ1n) is 4.70. The first kappa shape index (κ1) is 12.0. The van der Waals surface area contributed by atoms with Gasteiger partial charge < -0.3 is 9.84 Å². The minimum atomic E-state index is -1.12. The second kappa shape index (κ2) is 5.11. The molecule has 1 aromatic carbocycles. The lowest BCUT2D eigenvalue weighted by molar-refractivity contribution is -0.131. The maximum Gasteiger partial charge on any atom is 0.339 e. The summed E-state index contributed by atoms with van der Waals surface area (Å²) in [4.78, 5) is 21.9. The van der Waals surface area contributed by atoms with Crippen LogP contribution in [0.2, 0.25) is 0 Å². The van der Waals surface area contributed by atoms with Gasteiger partial charge in [0.15, 0.2) is 0 Å². The zero-order chi connectivity index (χ0) is 12.1. The third kappa shape index (κ3) is 2.70. The smallest absolute Gasteiger partial charge is 0.339 e. The van der Waals surface area contributed by atoms with E-state index in [1.807, 2.05) is 0 Å². The zero-order valence-corrected chi connectivity index (χ0v) is 8.90. The number of hydrogen-bond acceptors (Lipinski definition) is 3. The Morgan fingerprint density at radius 3 is 2.69 bits per heavy atom. The number of carboxylic acid groups (broad SMARTS) is 1. The number of rotatable bonds is 4. The molecule has 0 heterocycles. The van der Waals surface area contributed by atoms with Crippen LogP contribution >= 0.6 is 0 Å². The van der Waals surface area contributed by atoms with Crippen molar-refractivity contribution in [2.45, 2.75) is 13.3 Å². The van der Waals surface area contributed by atoms with Gasteiger partial charge in [0.2, 0.25) is 0 Å². The van der Waals surface area contributed by atoms with E-state index in [-0.39, 0.29) is 11.3 Å². The Bertz CT molecular complexity index is 435. The van der Waals surface area contributed by atoms with Crippen LogP contribution in [0.15, 0.2) is 30.9 Å². The average molecular weight is 220 g/mol. The van der Waals surface area contributed by atoms with Gasteiger partial charge in [-0.1, -0.05) is 18.2 Å². The summed E-state index contributed by atoms with van der Waals surface area (Å²) in [6.07, 6.45) is 2.01. The standard InChI is InChI=1S/C12H12O4/c1-3-5-9-6-4-7-10(16-8(2)13)11(9)12(14)15/h3-4,6-7H,1,5H2,2H3,(H,14,15). The molecule has 0 unspecified atom stereocenters. The van der Waals surface area contributed by atoms with Crippen LogP contribution in [0.3, 0.4) is 0 Å². The first-order valence-corrected chi connectivity index (χ1v) is 4.70. The first-order chi connectivity index (χ1) is 7.56. The number of carbonyl (C=O) groups excluding carboxylic acids is 1. The van der Waals surface area contributed by atoms with Gasteiger partial charge in [0, 0.05) is 6.92 Å². The molecule has 84 valence electrons. The molecule has 0 saturated heterocycles. The van der Waals surface area contributed by atoms with Crippen molar-refractivity contribution < 1.29 is 19.4 Å². The van der Waals surface area contributed by atoms with Crippen LogP contribution in [0.5, 0.6) is 5.75 Å². The minimum Gasteiger partial charge on any atom is -0.478 e. The minimum absolute atomic E-state index is 0.0117. The third-order valence-corrected chi connectivity index (χ3v) is 1.94. The van der Waals surface area contributed by atoms with E-state index in [1.165, 1.54) is 13.0 Å². The van der Waals surface area contributed by atoms with Gasteiger partial charge in [0.25, 0.3) is 0 Å². The molecule has 0 fully saturated rings. The van der Waals surface area contributed by atoms with Crippen molar-refractivity contribution in [1.82, 2.24) is 0 Å². The lowest BCUT2D eigenvalue weighted by atomic mass is 10.0. The number of carbonyl (C=O) groups is 2. The quantitative estimate of drug-likeness (QED) is 0.479. The highest BCUT2D eigenvalue weighted by Gasteiger charge is 2.16. The van der Waals surface area contributed by atoms with Crippen LogP contribution in [0.4, 0.5) is 0 Å². The van der Waals surface area contributed by atoms with Crippen LogP contribution in [-0.4, -0.2) is 17.0 Å². The summed E-state index contributed by atoms with van der Waals surface area (Å²) in [5.41, 5.74) is 0.582. The normalized spacial score (nSPS) is 9.56. The van der Waals surface area contributed by atoms with Crippen molar-refractivity contribution in [3.05, 3.63) is 42.0 Å². The van der Waals surface area contributed by atoms with Crippen molar-refractivity contribution in [2.75, 3.05) is 0 Å². The topological polar surface area (TPSA) is 63.6 Å². The second-order valence-corrected chi connectivity index (χ2v) is 3.18. The highest BCUT2D eigenvalue weighted by Crippen LogP contribution is 2.23. The molecule has 0 aliphatic rings. The summed E-state index contributed by atoms with van der Waals surface area (Å²) in [7, 11) is 0. The summed E-state index contributed by atoms with van der Waals surface area (Å²) in [5.74, 6) is -1.59. The number of allylic oxidation sites excluding steroid dienone is 1. The van der Waals surface area contributed by atoms with E-state index >= 15 is 0 Å². The van der Waals surface area contributed by atoms with E-state index in [0.29, 0.717) is 12.0 Å². The summed E-state index contributed by atoms with van der Waals surface area (Å²) in [6, 6.07) is 4.76. The SMILES string of the molecule is C=CCc1cccc(OC(C)=O)c1C(=O)O. The molecule has 0 aromatic heterocycles. The molecular weight excluding hydrogens is 208 g/mol. The van der Waals surface area contributed by atoms with Crippen LogP contribution in [0, 0.1) is 0 Å². The molecule has 4 heteroatoms. The fourth-order valence-corrected chi connectivity index (χ4v) is 1.38. The van der Waals surface area contributed by atoms with Gasteiger partial charge in [-0.15, -0.1) is 6.58 Å². The van der Waals surface area contributed by atoms with Crippen LogP contribution in [0.1, 0.15) is 22.8 Å². The summed E-state index contributed by atoms with van der Waals surface area (Å²) in [6.45, 7) is 4.77. The largest absolute Gasteiger partial charge is 0.478 e. The van der Waals surface area contributed by atoms with Gasteiger partial charge in [-0.25, -0.2) is 4.79 Å². The van der Waals surface area contributed by atoms with Crippen molar-refractivity contribution in [1.29, 1.82) is 0 Å². The van der Waals surface area contributed by atoms with Crippen molar-refractivity contribution in [3.63, 3.8) is 0 Å². The number of aromatic carboxylic acids is 1. The molecule has 16 heavy (non-hydrogen) atoms. The van der Waals surface area contributed by atoms with Gasteiger partial charge in [-0.2, -0.15) is 0 Å². The van der Waals surface area contributed by atoms with Crippen molar-refractivity contribution in [2.24, 2.45) is 0 Å². The van der Waals surface area contributed by atoms with Gasteiger partial charge in [-0.3, -0.25) is 4.79 Å². The predicted molar refractivity (Wildman–Crippen MR) is 58.6 cm³/mol. The molecule has 0 radical (unpaired) electrons. The lowest BCUT2D eigenvalue weighted by Crippen LogP contribution is -2.09. The summed E-state index contributed by atoms with van der Waals surface area (Å²) < 4.78 is 4.84. The van der Waals surface area contributed by atoms with E-state index in [0.717, 1.165) is 0 Å². The number of benzene rings is 1. The molecule has 1 rings (SSSR count). The van der Waals surface area contributed by atoms with Crippen LogP contribution in [0.25, 0.3) is 0 Å². The predicted octanol–water partition coefficient (Wildman–Crippen LogP) is 2.04. The Kier molecular flexibility index (Phi) is 3.83. The van der Waals surface area contributed by atoms with Gasteiger partial charge in [-0.05, 0) is 18.1 Å². The molecule has 0 atom stereocenters. The molecule has 0 bridgehead atoms. The molecule has 0 aliphatic carbocycles. The average Bonchev–Trinajstić information content (AvgIpc) is 2.16. The van der Waals surface area contributed by atoms with E-state index in [9.17, 15) is 9.59 Å².